The smallest absolute Gasteiger partial charge is 0.0651 e. The number of pyridine rings is 1. The first-order valence-electron chi connectivity index (χ1n) is 5.60. The summed E-state index contributed by atoms with van der Waals surface area (Å²) in [5, 5.41) is 7.19. The van der Waals surface area contributed by atoms with Gasteiger partial charge in [0.2, 0.25) is 0 Å². The van der Waals surface area contributed by atoms with Crippen molar-refractivity contribution in [2.24, 2.45) is 0 Å². The standard InChI is InChI=1S/C13H13ClIN3/c1-2-17-10-6-11(8-16-7-10)18-13-4-3-9(15)5-12(13)14/h3-8,17-18H,2H2,1H3. The summed E-state index contributed by atoms with van der Waals surface area (Å²) in [4.78, 5) is 4.18. The first-order valence-corrected chi connectivity index (χ1v) is 7.05. The van der Waals surface area contributed by atoms with E-state index in [-0.39, 0.29) is 0 Å². The number of aromatic nitrogens is 1. The van der Waals surface area contributed by atoms with Gasteiger partial charge in [-0.1, -0.05) is 11.6 Å². The number of benzene rings is 1. The van der Waals surface area contributed by atoms with Gasteiger partial charge in [-0.25, -0.2) is 0 Å². The van der Waals surface area contributed by atoms with Crippen LogP contribution in [-0.4, -0.2) is 11.5 Å². The molecule has 1 aromatic carbocycles. The maximum Gasteiger partial charge on any atom is 0.0651 e. The first kappa shape index (κ1) is 13.4. The van der Waals surface area contributed by atoms with Gasteiger partial charge < -0.3 is 10.6 Å². The van der Waals surface area contributed by atoms with E-state index in [4.69, 9.17) is 11.6 Å². The van der Waals surface area contributed by atoms with Gasteiger partial charge in [-0.05, 0) is 53.8 Å². The molecule has 2 rings (SSSR count). The predicted molar refractivity (Wildman–Crippen MR) is 85.9 cm³/mol. The fourth-order valence-corrected chi connectivity index (χ4v) is 2.46. The molecule has 0 atom stereocenters. The van der Waals surface area contributed by atoms with Crippen LogP contribution in [0.15, 0.2) is 36.7 Å². The highest BCUT2D eigenvalue weighted by atomic mass is 127. The van der Waals surface area contributed by atoms with Crippen molar-refractivity contribution in [3.8, 4) is 0 Å². The van der Waals surface area contributed by atoms with Gasteiger partial charge in [0.25, 0.3) is 0 Å². The van der Waals surface area contributed by atoms with E-state index in [1.807, 2.05) is 24.3 Å². The van der Waals surface area contributed by atoms with E-state index < -0.39 is 0 Å². The van der Waals surface area contributed by atoms with Crippen molar-refractivity contribution in [2.75, 3.05) is 17.2 Å². The molecule has 3 nitrogen and oxygen atoms in total. The third-order valence-electron chi connectivity index (χ3n) is 2.33. The zero-order valence-corrected chi connectivity index (χ0v) is 12.8. The van der Waals surface area contributed by atoms with E-state index in [0.717, 1.165) is 27.2 Å². The lowest BCUT2D eigenvalue weighted by molar-refractivity contribution is 1.19. The van der Waals surface area contributed by atoms with E-state index in [9.17, 15) is 0 Å². The molecular weight excluding hydrogens is 361 g/mol. The van der Waals surface area contributed by atoms with E-state index in [1.165, 1.54) is 0 Å². The summed E-state index contributed by atoms with van der Waals surface area (Å²) in [5.74, 6) is 0. The summed E-state index contributed by atoms with van der Waals surface area (Å²) in [6.07, 6.45) is 3.57. The Morgan fingerprint density at radius 3 is 2.72 bits per heavy atom. The Bertz CT molecular complexity index is 546. The molecule has 0 bridgehead atoms. The summed E-state index contributed by atoms with van der Waals surface area (Å²) in [6.45, 7) is 2.92. The van der Waals surface area contributed by atoms with Crippen LogP contribution in [0.3, 0.4) is 0 Å². The van der Waals surface area contributed by atoms with Gasteiger partial charge in [-0.2, -0.15) is 0 Å². The quantitative estimate of drug-likeness (QED) is 0.774. The minimum atomic E-state index is 0.704. The largest absolute Gasteiger partial charge is 0.384 e. The summed E-state index contributed by atoms with van der Waals surface area (Å²) >= 11 is 8.41. The van der Waals surface area contributed by atoms with Crippen molar-refractivity contribution < 1.29 is 0 Å². The Balaban J connectivity index is 2.20. The third-order valence-corrected chi connectivity index (χ3v) is 3.31. The van der Waals surface area contributed by atoms with Gasteiger partial charge in [-0.15, -0.1) is 0 Å². The number of nitrogens with zero attached hydrogens (tertiary/aromatic N) is 1. The molecule has 0 aliphatic carbocycles. The normalized spacial score (nSPS) is 10.2. The van der Waals surface area contributed by atoms with E-state index in [1.54, 1.807) is 12.4 Å². The number of nitrogens with one attached hydrogen (secondary N) is 2. The molecule has 0 spiro atoms. The molecule has 0 saturated carbocycles. The van der Waals surface area contributed by atoms with Crippen molar-refractivity contribution in [3.63, 3.8) is 0 Å². The number of halogens is 2. The van der Waals surface area contributed by atoms with Crippen LogP contribution >= 0.6 is 34.2 Å². The molecule has 1 aromatic heterocycles. The topological polar surface area (TPSA) is 37.0 Å². The zero-order valence-electron chi connectivity index (χ0n) is 9.87. The maximum atomic E-state index is 6.18. The molecule has 5 heteroatoms. The van der Waals surface area contributed by atoms with Gasteiger partial charge >= 0.3 is 0 Å². The Kier molecular flexibility index (Phi) is 4.66. The second-order valence-corrected chi connectivity index (χ2v) is 5.39. The lowest BCUT2D eigenvalue weighted by Crippen LogP contribution is -1.98. The van der Waals surface area contributed by atoms with E-state index in [0.29, 0.717) is 5.02 Å². The molecule has 0 aliphatic rings. The molecule has 94 valence electrons. The van der Waals surface area contributed by atoms with Crippen molar-refractivity contribution in [1.82, 2.24) is 4.98 Å². The summed E-state index contributed by atoms with van der Waals surface area (Å²) in [5.41, 5.74) is 2.79. The Labute approximate surface area is 125 Å². The highest BCUT2D eigenvalue weighted by molar-refractivity contribution is 14.1. The molecule has 0 saturated heterocycles. The maximum absolute atomic E-state index is 6.18. The van der Waals surface area contributed by atoms with Crippen molar-refractivity contribution in [1.29, 1.82) is 0 Å². The van der Waals surface area contributed by atoms with Crippen LogP contribution in [0.2, 0.25) is 5.02 Å². The lowest BCUT2D eigenvalue weighted by atomic mass is 10.3. The second-order valence-electron chi connectivity index (χ2n) is 3.74. The minimum absolute atomic E-state index is 0.704. The summed E-state index contributed by atoms with van der Waals surface area (Å²) in [6, 6.07) is 7.90. The highest BCUT2D eigenvalue weighted by Crippen LogP contribution is 2.27. The first-order chi connectivity index (χ1) is 8.69. The molecule has 0 fully saturated rings. The van der Waals surface area contributed by atoms with Gasteiger partial charge in [0.15, 0.2) is 0 Å². The fraction of sp³-hybridized carbons (Fsp3) is 0.154. The van der Waals surface area contributed by atoms with Gasteiger partial charge in [0.1, 0.15) is 0 Å². The molecular formula is C13H13ClIN3. The van der Waals surface area contributed by atoms with Gasteiger partial charge in [-0.3, -0.25) is 4.98 Å². The van der Waals surface area contributed by atoms with Crippen LogP contribution in [0.4, 0.5) is 17.1 Å². The van der Waals surface area contributed by atoms with Crippen LogP contribution in [0.1, 0.15) is 6.92 Å². The van der Waals surface area contributed by atoms with E-state index in [2.05, 4.69) is 45.1 Å². The molecule has 0 unspecified atom stereocenters. The molecule has 1 heterocycles. The van der Waals surface area contributed by atoms with Crippen LogP contribution in [0.5, 0.6) is 0 Å². The fourth-order valence-electron chi connectivity index (χ4n) is 1.56. The number of hydrogen-bond donors (Lipinski definition) is 2. The van der Waals surface area contributed by atoms with Crippen LogP contribution in [0, 0.1) is 3.57 Å². The predicted octanol–water partition coefficient (Wildman–Crippen LogP) is 4.52. The number of anilines is 3. The molecule has 0 amide bonds. The van der Waals surface area contributed by atoms with E-state index >= 15 is 0 Å². The Hall–Kier alpha value is -1.01. The molecule has 18 heavy (non-hydrogen) atoms. The molecule has 0 aliphatic heterocycles. The summed E-state index contributed by atoms with van der Waals surface area (Å²) in [7, 11) is 0. The zero-order chi connectivity index (χ0) is 13.0. The van der Waals surface area contributed by atoms with Crippen molar-refractivity contribution in [3.05, 3.63) is 45.3 Å². The lowest BCUT2D eigenvalue weighted by Gasteiger charge is -2.10. The highest BCUT2D eigenvalue weighted by Gasteiger charge is 2.02. The van der Waals surface area contributed by atoms with Crippen LogP contribution in [0.25, 0.3) is 0 Å². The number of hydrogen-bond acceptors (Lipinski definition) is 3. The average molecular weight is 374 g/mol. The van der Waals surface area contributed by atoms with Crippen molar-refractivity contribution >= 4 is 51.3 Å². The average Bonchev–Trinajstić information content (AvgIpc) is 2.34. The Morgan fingerprint density at radius 2 is 2.00 bits per heavy atom. The molecule has 2 N–H and O–H groups in total. The number of rotatable bonds is 4. The van der Waals surface area contributed by atoms with Crippen LogP contribution < -0.4 is 10.6 Å². The minimum Gasteiger partial charge on any atom is -0.384 e. The Morgan fingerprint density at radius 1 is 1.22 bits per heavy atom. The van der Waals surface area contributed by atoms with Gasteiger partial charge in [0.05, 0.1) is 34.5 Å². The molecule has 2 aromatic rings. The monoisotopic (exact) mass is 373 g/mol. The third kappa shape index (κ3) is 3.49. The second kappa shape index (κ2) is 6.24. The van der Waals surface area contributed by atoms with Crippen molar-refractivity contribution in [2.45, 2.75) is 6.92 Å². The van der Waals surface area contributed by atoms with Crippen LogP contribution in [-0.2, 0) is 0 Å². The summed E-state index contributed by atoms with van der Waals surface area (Å²) < 4.78 is 1.11. The SMILES string of the molecule is CCNc1cncc(Nc2ccc(I)cc2Cl)c1. The van der Waals surface area contributed by atoms with Gasteiger partial charge in [0, 0.05) is 10.1 Å². The molecule has 0 radical (unpaired) electrons.